The SMILES string of the molecule is C.C=C(/C(C)=C/C=C\C)c1ccccc1.CC.CC. The van der Waals surface area contributed by atoms with Crippen LogP contribution < -0.4 is 0 Å². The van der Waals surface area contributed by atoms with E-state index >= 15 is 0 Å². The molecule has 0 radical (unpaired) electrons. The fraction of sp³-hybridized carbons (Fsp3) is 0.368. The topological polar surface area (TPSA) is 0 Å². The van der Waals surface area contributed by atoms with E-state index in [1.807, 2.05) is 65.0 Å². The van der Waals surface area contributed by atoms with Crippen molar-refractivity contribution in [3.8, 4) is 0 Å². The molecule has 1 rings (SSSR count). The molecule has 108 valence electrons. The molecule has 0 N–H and O–H groups in total. The van der Waals surface area contributed by atoms with Crippen molar-refractivity contribution in [2.24, 2.45) is 0 Å². The first-order valence-corrected chi connectivity index (χ1v) is 6.80. The molecule has 0 aromatic heterocycles. The molecule has 0 fully saturated rings. The second-order valence-corrected chi connectivity index (χ2v) is 3.22. The molecule has 0 nitrogen and oxygen atoms in total. The van der Waals surface area contributed by atoms with Crippen LogP contribution in [0.25, 0.3) is 5.57 Å². The van der Waals surface area contributed by atoms with Crippen molar-refractivity contribution in [2.45, 2.75) is 49.0 Å². The molecular weight excluding hydrogens is 228 g/mol. The van der Waals surface area contributed by atoms with Crippen molar-refractivity contribution in [1.29, 1.82) is 0 Å². The van der Waals surface area contributed by atoms with Gasteiger partial charge in [0.25, 0.3) is 0 Å². The fourth-order valence-corrected chi connectivity index (χ4v) is 1.21. The molecule has 1 aromatic rings. The van der Waals surface area contributed by atoms with Crippen molar-refractivity contribution in [2.75, 3.05) is 0 Å². The Labute approximate surface area is 121 Å². The van der Waals surface area contributed by atoms with Crippen molar-refractivity contribution < 1.29 is 0 Å². The lowest BCUT2D eigenvalue weighted by Crippen LogP contribution is -1.83. The van der Waals surface area contributed by atoms with Crippen LogP contribution >= 0.6 is 0 Å². The van der Waals surface area contributed by atoms with Gasteiger partial charge in [0, 0.05) is 0 Å². The van der Waals surface area contributed by atoms with Crippen LogP contribution in [0.2, 0.25) is 0 Å². The third-order valence-corrected chi connectivity index (χ3v) is 2.14. The summed E-state index contributed by atoms with van der Waals surface area (Å²) in [7, 11) is 0. The Morgan fingerprint density at radius 1 is 1.00 bits per heavy atom. The van der Waals surface area contributed by atoms with Gasteiger partial charge in [-0.3, -0.25) is 0 Å². The largest absolute Gasteiger partial charge is 0.0909 e. The zero-order chi connectivity index (χ0) is 14.4. The number of allylic oxidation sites excluding steroid dienone is 5. The van der Waals surface area contributed by atoms with E-state index in [4.69, 9.17) is 0 Å². The Hall–Kier alpha value is -1.56. The van der Waals surface area contributed by atoms with Crippen molar-refractivity contribution in [3.63, 3.8) is 0 Å². The third-order valence-electron chi connectivity index (χ3n) is 2.14. The zero-order valence-electron chi connectivity index (χ0n) is 12.8. The molecule has 1 aromatic carbocycles. The highest BCUT2D eigenvalue weighted by Crippen LogP contribution is 2.19. The average Bonchev–Trinajstić information content (AvgIpc) is 2.49. The summed E-state index contributed by atoms with van der Waals surface area (Å²) >= 11 is 0. The van der Waals surface area contributed by atoms with E-state index < -0.39 is 0 Å². The van der Waals surface area contributed by atoms with Gasteiger partial charge in [0.2, 0.25) is 0 Å². The Morgan fingerprint density at radius 2 is 1.47 bits per heavy atom. The minimum absolute atomic E-state index is 0. The summed E-state index contributed by atoms with van der Waals surface area (Å²) < 4.78 is 0. The van der Waals surface area contributed by atoms with Gasteiger partial charge in [-0.2, -0.15) is 0 Å². The summed E-state index contributed by atoms with van der Waals surface area (Å²) in [5.41, 5.74) is 3.48. The summed E-state index contributed by atoms with van der Waals surface area (Å²) in [6, 6.07) is 10.2. The third kappa shape index (κ3) is 10.1. The molecule has 0 heteroatoms. The lowest BCUT2D eigenvalue weighted by molar-refractivity contribution is 1.50. The minimum Gasteiger partial charge on any atom is -0.0909 e. The van der Waals surface area contributed by atoms with E-state index in [0.29, 0.717) is 0 Å². The molecule has 0 saturated carbocycles. The van der Waals surface area contributed by atoms with Gasteiger partial charge in [0.1, 0.15) is 0 Å². The van der Waals surface area contributed by atoms with Crippen LogP contribution in [-0.4, -0.2) is 0 Å². The van der Waals surface area contributed by atoms with E-state index in [9.17, 15) is 0 Å². The maximum Gasteiger partial charge on any atom is -0.0187 e. The number of benzene rings is 1. The standard InChI is InChI=1S/C14H16.2C2H6.CH4/c1-4-5-9-12(2)13(3)14-10-7-6-8-11-14;2*1-2;/h4-11H,3H2,1-2H3;2*1-2H3;1H4/b5-4-,12-9+;;;. The lowest BCUT2D eigenvalue weighted by Gasteiger charge is -2.04. The molecule has 0 aliphatic carbocycles. The molecule has 0 amide bonds. The van der Waals surface area contributed by atoms with E-state index in [-0.39, 0.29) is 7.43 Å². The quantitative estimate of drug-likeness (QED) is 0.518. The first kappa shape index (κ1) is 22.6. The molecule has 0 spiro atoms. The Morgan fingerprint density at radius 3 is 1.89 bits per heavy atom. The Kier molecular flexibility index (Phi) is 19.6. The molecule has 0 atom stereocenters. The van der Waals surface area contributed by atoms with Crippen LogP contribution in [0.4, 0.5) is 0 Å². The van der Waals surface area contributed by atoms with Crippen molar-refractivity contribution >= 4 is 5.57 Å². The summed E-state index contributed by atoms with van der Waals surface area (Å²) in [4.78, 5) is 0. The predicted molar refractivity (Wildman–Crippen MR) is 93.5 cm³/mol. The van der Waals surface area contributed by atoms with Gasteiger partial charge in [-0.15, -0.1) is 0 Å². The zero-order valence-corrected chi connectivity index (χ0v) is 12.8. The molecule has 0 heterocycles. The van der Waals surface area contributed by atoms with Crippen molar-refractivity contribution in [1.82, 2.24) is 0 Å². The highest BCUT2D eigenvalue weighted by Gasteiger charge is 1.98. The lowest BCUT2D eigenvalue weighted by atomic mass is 10.0. The minimum atomic E-state index is 0. The van der Waals surface area contributed by atoms with Crippen LogP contribution in [0.15, 0.2) is 60.7 Å². The van der Waals surface area contributed by atoms with Gasteiger partial charge in [-0.25, -0.2) is 0 Å². The van der Waals surface area contributed by atoms with E-state index in [2.05, 4.69) is 31.7 Å². The van der Waals surface area contributed by atoms with Gasteiger partial charge in [-0.1, -0.05) is 90.3 Å². The average molecular weight is 260 g/mol. The monoisotopic (exact) mass is 260 g/mol. The maximum absolute atomic E-state index is 4.08. The van der Waals surface area contributed by atoms with Crippen LogP contribution in [-0.2, 0) is 0 Å². The smallest absolute Gasteiger partial charge is 0.0187 e. The van der Waals surface area contributed by atoms with E-state index in [0.717, 1.165) is 5.57 Å². The van der Waals surface area contributed by atoms with E-state index in [1.165, 1.54) is 11.1 Å². The van der Waals surface area contributed by atoms with Gasteiger partial charge < -0.3 is 0 Å². The molecular formula is C19H32. The fourth-order valence-electron chi connectivity index (χ4n) is 1.21. The van der Waals surface area contributed by atoms with E-state index in [1.54, 1.807) is 0 Å². The maximum atomic E-state index is 4.08. The number of hydrogen-bond donors (Lipinski definition) is 0. The number of rotatable bonds is 3. The number of hydrogen-bond acceptors (Lipinski definition) is 0. The van der Waals surface area contributed by atoms with Gasteiger partial charge >= 0.3 is 0 Å². The predicted octanol–water partition coefficient (Wildman–Crippen LogP) is 6.91. The first-order valence-electron chi connectivity index (χ1n) is 6.80. The molecule has 0 unspecified atom stereocenters. The van der Waals surface area contributed by atoms with Crippen LogP contribution in [0, 0.1) is 0 Å². The van der Waals surface area contributed by atoms with Gasteiger partial charge in [0.05, 0.1) is 0 Å². The Bertz CT molecular complexity index is 353. The molecule has 0 saturated heterocycles. The summed E-state index contributed by atoms with van der Waals surface area (Å²) in [6.45, 7) is 16.2. The van der Waals surface area contributed by atoms with Crippen LogP contribution in [0.1, 0.15) is 54.5 Å². The summed E-state index contributed by atoms with van der Waals surface area (Å²) in [5.74, 6) is 0. The second kappa shape index (κ2) is 16.4. The molecule has 0 aliphatic rings. The first-order chi connectivity index (χ1) is 8.75. The molecule has 0 aliphatic heterocycles. The Balaban J connectivity index is -0.000000467. The second-order valence-electron chi connectivity index (χ2n) is 3.22. The van der Waals surface area contributed by atoms with Gasteiger partial charge in [-0.05, 0) is 30.6 Å². The van der Waals surface area contributed by atoms with Crippen LogP contribution in [0.5, 0.6) is 0 Å². The van der Waals surface area contributed by atoms with Gasteiger partial charge in [0.15, 0.2) is 0 Å². The molecule has 0 bridgehead atoms. The normalized spacial score (nSPS) is 9.47. The molecule has 19 heavy (non-hydrogen) atoms. The summed E-state index contributed by atoms with van der Waals surface area (Å²) in [6.07, 6.45) is 6.13. The highest BCUT2D eigenvalue weighted by molar-refractivity contribution is 5.76. The highest BCUT2D eigenvalue weighted by atomic mass is 14.0. The van der Waals surface area contributed by atoms with Crippen LogP contribution in [0.3, 0.4) is 0 Å². The summed E-state index contributed by atoms with van der Waals surface area (Å²) in [5, 5.41) is 0. The van der Waals surface area contributed by atoms with Crippen molar-refractivity contribution in [3.05, 3.63) is 66.3 Å².